The number of nitrogens with zero attached hydrogens (tertiary/aromatic N) is 1. The fourth-order valence-electron chi connectivity index (χ4n) is 1.97. The summed E-state index contributed by atoms with van der Waals surface area (Å²) in [6.07, 6.45) is 1.00. The van der Waals surface area contributed by atoms with Gasteiger partial charge in [-0.15, -0.1) is 0 Å². The van der Waals surface area contributed by atoms with Gasteiger partial charge in [-0.3, -0.25) is 0 Å². The van der Waals surface area contributed by atoms with Gasteiger partial charge in [0.05, 0.1) is 0 Å². The highest BCUT2D eigenvalue weighted by atomic mass is 79.9. The van der Waals surface area contributed by atoms with Gasteiger partial charge < -0.3 is 10.2 Å². The highest BCUT2D eigenvalue weighted by molar-refractivity contribution is 9.10. The molecule has 0 aromatic heterocycles. The van der Waals surface area contributed by atoms with Crippen LogP contribution in [-0.2, 0) is 0 Å². The fraction of sp³-hybridized carbons (Fsp3) is 0.533. The summed E-state index contributed by atoms with van der Waals surface area (Å²) in [5, 5.41) is 2.93. The van der Waals surface area contributed by atoms with Crippen molar-refractivity contribution in [2.24, 2.45) is 5.92 Å². The number of halogens is 1. The molecule has 2 amide bonds. The molecule has 3 nitrogen and oxygen atoms in total. The van der Waals surface area contributed by atoms with Crippen molar-refractivity contribution in [2.45, 2.75) is 40.2 Å². The molecule has 0 saturated carbocycles. The first-order valence-corrected chi connectivity index (χ1v) is 7.40. The number of urea groups is 1. The lowest BCUT2D eigenvalue weighted by Gasteiger charge is -2.26. The van der Waals surface area contributed by atoms with Gasteiger partial charge >= 0.3 is 6.03 Å². The Labute approximate surface area is 124 Å². The van der Waals surface area contributed by atoms with Crippen LogP contribution >= 0.6 is 15.9 Å². The number of rotatable bonds is 4. The lowest BCUT2D eigenvalue weighted by molar-refractivity contribution is 0.200. The van der Waals surface area contributed by atoms with Crippen molar-refractivity contribution >= 4 is 27.6 Å². The second-order valence-corrected chi connectivity index (χ2v) is 6.34. The molecule has 1 rings (SSSR count). The molecule has 0 saturated heterocycles. The van der Waals surface area contributed by atoms with Crippen LogP contribution < -0.4 is 5.32 Å². The normalized spacial score (nSPS) is 12.4. The highest BCUT2D eigenvalue weighted by Gasteiger charge is 2.16. The highest BCUT2D eigenvalue weighted by Crippen LogP contribution is 2.20. The molecule has 0 aliphatic heterocycles. The maximum Gasteiger partial charge on any atom is 0.321 e. The maximum absolute atomic E-state index is 12.1. The molecular formula is C15H23BrN2O. The first-order valence-electron chi connectivity index (χ1n) is 6.61. The number of hydrogen-bond acceptors (Lipinski definition) is 1. The van der Waals surface area contributed by atoms with Gasteiger partial charge in [0, 0.05) is 23.2 Å². The van der Waals surface area contributed by atoms with Crippen molar-refractivity contribution in [1.82, 2.24) is 4.90 Å². The van der Waals surface area contributed by atoms with E-state index >= 15 is 0 Å². The Bertz CT molecular complexity index is 446. The molecular weight excluding hydrogens is 304 g/mol. The van der Waals surface area contributed by atoms with Crippen molar-refractivity contribution in [3.63, 3.8) is 0 Å². The monoisotopic (exact) mass is 326 g/mol. The summed E-state index contributed by atoms with van der Waals surface area (Å²) in [6, 6.07) is 5.98. The zero-order valence-corrected chi connectivity index (χ0v) is 13.9. The van der Waals surface area contributed by atoms with Gasteiger partial charge in [0.15, 0.2) is 0 Å². The van der Waals surface area contributed by atoms with Gasteiger partial charge in [-0.25, -0.2) is 4.79 Å². The lowest BCUT2D eigenvalue weighted by Crippen LogP contribution is -2.38. The van der Waals surface area contributed by atoms with Crippen LogP contribution in [0.4, 0.5) is 10.5 Å². The zero-order valence-electron chi connectivity index (χ0n) is 12.3. The van der Waals surface area contributed by atoms with Gasteiger partial charge in [0.1, 0.15) is 0 Å². The fourth-order valence-corrected chi connectivity index (χ4v) is 2.22. The Kier molecular flexibility index (Phi) is 5.85. The molecule has 1 aromatic rings. The predicted octanol–water partition coefficient (Wildman–Crippen LogP) is 4.66. The number of amides is 2. The Balaban J connectivity index is 2.65. The Morgan fingerprint density at radius 2 is 2.00 bits per heavy atom. The molecule has 4 heteroatoms. The average Bonchev–Trinajstić information content (AvgIpc) is 2.32. The molecule has 0 bridgehead atoms. The van der Waals surface area contributed by atoms with Crippen molar-refractivity contribution in [3.05, 3.63) is 28.2 Å². The number of hydrogen-bond donors (Lipinski definition) is 1. The SMILES string of the molecule is Cc1cc(NC(=O)N(C)C(C)CC(C)C)ccc1Br. The quantitative estimate of drug-likeness (QED) is 0.857. The largest absolute Gasteiger partial charge is 0.325 e. The third-order valence-electron chi connectivity index (χ3n) is 3.20. The molecule has 1 atom stereocenters. The van der Waals surface area contributed by atoms with Gasteiger partial charge in [-0.05, 0) is 49.9 Å². The van der Waals surface area contributed by atoms with Crippen molar-refractivity contribution < 1.29 is 4.79 Å². The Morgan fingerprint density at radius 1 is 1.37 bits per heavy atom. The van der Waals surface area contributed by atoms with Gasteiger partial charge in [-0.2, -0.15) is 0 Å². The summed E-state index contributed by atoms with van der Waals surface area (Å²) in [6.45, 7) is 8.41. The number of anilines is 1. The first kappa shape index (κ1) is 16.0. The van der Waals surface area contributed by atoms with Crippen LogP contribution in [0.15, 0.2) is 22.7 Å². The van der Waals surface area contributed by atoms with Crippen LogP contribution in [0.5, 0.6) is 0 Å². The van der Waals surface area contributed by atoms with Gasteiger partial charge in [0.2, 0.25) is 0 Å². The Hall–Kier alpha value is -1.03. The molecule has 1 N–H and O–H groups in total. The van der Waals surface area contributed by atoms with E-state index in [1.807, 2.05) is 32.2 Å². The van der Waals surface area contributed by atoms with E-state index in [0.29, 0.717) is 5.92 Å². The van der Waals surface area contributed by atoms with E-state index in [1.54, 1.807) is 4.90 Å². The third kappa shape index (κ3) is 4.86. The maximum atomic E-state index is 12.1. The van der Waals surface area contributed by atoms with Crippen molar-refractivity contribution in [1.29, 1.82) is 0 Å². The lowest BCUT2D eigenvalue weighted by atomic mass is 10.0. The number of carbonyl (C=O) groups is 1. The average molecular weight is 327 g/mol. The van der Waals surface area contributed by atoms with Crippen LogP contribution in [-0.4, -0.2) is 24.0 Å². The topological polar surface area (TPSA) is 32.3 Å². The number of nitrogens with one attached hydrogen (secondary N) is 1. The molecule has 0 aliphatic carbocycles. The van der Waals surface area contributed by atoms with Gasteiger partial charge in [-0.1, -0.05) is 29.8 Å². The minimum absolute atomic E-state index is 0.0603. The first-order chi connectivity index (χ1) is 8.81. The van der Waals surface area contributed by atoms with Crippen molar-refractivity contribution in [2.75, 3.05) is 12.4 Å². The smallest absolute Gasteiger partial charge is 0.321 e. The molecule has 1 unspecified atom stereocenters. The van der Waals surface area contributed by atoms with Crippen LogP contribution in [0.1, 0.15) is 32.8 Å². The molecule has 0 radical (unpaired) electrons. The summed E-state index contributed by atoms with van der Waals surface area (Å²) < 4.78 is 1.05. The summed E-state index contributed by atoms with van der Waals surface area (Å²) in [5.74, 6) is 0.583. The van der Waals surface area contributed by atoms with E-state index in [0.717, 1.165) is 22.1 Å². The molecule has 0 heterocycles. The summed E-state index contributed by atoms with van der Waals surface area (Å²) in [4.78, 5) is 13.9. The number of aryl methyl sites for hydroxylation is 1. The van der Waals surface area contributed by atoms with Crippen LogP contribution in [0.25, 0.3) is 0 Å². The molecule has 19 heavy (non-hydrogen) atoms. The second-order valence-electron chi connectivity index (χ2n) is 5.48. The van der Waals surface area contributed by atoms with E-state index in [1.165, 1.54) is 0 Å². The number of benzene rings is 1. The summed E-state index contributed by atoms with van der Waals surface area (Å²) >= 11 is 3.45. The third-order valence-corrected chi connectivity index (χ3v) is 4.09. The molecule has 1 aromatic carbocycles. The predicted molar refractivity (Wildman–Crippen MR) is 84.6 cm³/mol. The van der Waals surface area contributed by atoms with Crippen LogP contribution in [0, 0.1) is 12.8 Å². The van der Waals surface area contributed by atoms with E-state index in [-0.39, 0.29) is 12.1 Å². The van der Waals surface area contributed by atoms with Crippen LogP contribution in [0.2, 0.25) is 0 Å². The minimum Gasteiger partial charge on any atom is -0.325 e. The standard InChI is InChI=1S/C15H23BrN2O/c1-10(2)8-12(4)18(5)15(19)17-13-6-7-14(16)11(3)9-13/h6-7,9-10,12H,8H2,1-5H3,(H,17,19). The Morgan fingerprint density at radius 3 is 2.53 bits per heavy atom. The van der Waals surface area contributed by atoms with Crippen LogP contribution in [0.3, 0.4) is 0 Å². The van der Waals surface area contributed by atoms with Crippen molar-refractivity contribution in [3.8, 4) is 0 Å². The summed E-state index contributed by atoms with van der Waals surface area (Å²) in [7, 11) is 1.84. The molecule has 0 aliphatic rings. The van der Waals surface area contributed by atoms with E-state index in [9.17, 15) is 4.79 Å². The van der Waals surface area contributed by atoms with E-state index < -0.39 is 0 Å². The number of carbonyl (C=O) groups excluding carboxylic acids is 1. The van der Waals surface area contributed by atoms with E-state index in [2.05, 4.69) is 42.0 Å². The summed E-state index contributed by atoms with van der Waals surface area (Å²) in [5.41, 5.74) is 1.94. The molecule has 0 spiro atoms. The van der Waals surface area contributed by atoms with Gasteiger partial charge in [0.25, 0.3) is 0 Å². The molecule has 0 fully saturated rings. The zero-order chi connectivity index (χ0) is 14.6. The van der Waals surface area contributed by atoms with E-state index in [4.69, 9.17) is 0 Å². The minimum atomic E-state index is -0.0603. The molecule has 106 valence electrons. The second kappa shape index (κ2) is 6.94.